The Kier molecular flexibility index (Phi) is 4.36. The van der Waals surface area contributed by atoms with Crippen molar-refractivity contribution >= 4 is 28.8 Å². The third-order valence-corrected chi connectivity index (χ3v) is 5.40. The lowest BCUT2D eigenvalue weighted by Crippen LogP contribution is -2.48. The predicted molar refractivity (Wildman–Crippen MR) is 111 cm³/mol. The molecular formula is C21H16ClFN6O. The van der Waals surface area contributed by atoms with Crippen LogP contribution < -0.4 is 5.01 Å². The van der Waals surface area contributed by atoms with Crippen molar-refractivity contribution in [1.82, 2.24) is 24.6 Å². The van der Waals surface area contributed by atoms with Gasteiger partial charge in [-0.2, -0.15) is 9.49 Å². The van der Waals surface area contributed by atoms with Gasteiger partial charge in [-0.1, -0.05) is 23.7 Å². The molecule has 0 N–H and O–H groups in total. The molecule has 0 atom stereocenters. The molecule has 9 heteroatoms. The van der Waals surface area contributed by atoms with Crippen molar-refractivity contribution < 1.29 is 9.18 Å². The summed E-state index contributed by atoms with van der Waals surface area (Å²) in [5, 5.41) is 8.21. The number of benzene rings is 1. The SMILES string of the molecule is CN1c2cccc(-c3ccnc(F)c3)c2CCN1C(=O)c1cc2ncc(Cl)cn2n1. The van der Waals surface area contributed by atoms with E-state index in [0.717, 1.165) is 22.4 Å². The summed E-state index contributed by atoms with van der Waals surface area (Å²) >= 11 is 5.96. The van der Waals surface area contributed by atoms with Crippen LogP contribution in [0, 0.1) is 5.95 Å². The second-order valence-corrected chi connectivity index (χ2v) is 7.41. The Balaban J connectivity index is 1.49. The molecule has 1 aromatic carbocycles. The normalized spacial score (nSPS) is 13.6. The molecule has 0 fully saturated rings. The number of pyridine rings is 1. The highest BCUT2D eigenvalue weighted by molar-refractivity contribution is 6.30. The third kappa shape index (κ3) is 3.05. The Morgan fingerprint density at radius 3 is 2.90 bits per heavy atom. The molecule has 4 heterocycles. The van der Waals surface area contributed by atoms with Crippen LogP contribution in [0.2, 0.25) is 5.02 Å². The molecule has 0 bridgehead atoms. The predicted octanol–water partition coefficient (Wildman–Crippen LogP) is 3.63. The van der Waals surface area contributed by atoms with E-state index in [4.69, 9.17) is 11.6 Å². The van der Waals surface area contributed by atoms with Crippen LogP contribution in [0.15, 0.2) is 55.0 Å². The van der Waals surface area contributed by atoms with E-state index < -0.39 is 5.95 Å². The van der Waals surface area contributed by atoms with Crippen LogP contribution in [0.25, 0.3) is 16.8 Å². The maximum absolute atomic E-state index is 13.6. The fraction of sp³-hybridized carbons (Fsp3) is 0.143. The van der Waals surface area contributed by atoms with Gasteiger partial charge >= 0.3 is 0 Å². The van der Waals surface area contributed by atoms with Crippen molar-refractivity contribution in [1.29, 1.82) is 0 Å². The standard InChI is InChI=1S/C21H16ClFN6O/c1-27-18-4-2-3-15(13-5-7-24-19(23)9-13)16(18)6-8-29(27)21(30)17-10-20-25-11-14(22)12-28(20)26-17/h2-5,7,9-12H,6,8H2,1H3. The molecule has 1 aliphatic rings. The molecule has 1 amide bonds. The van der Waals surface area contributed by atoms with Crippen LogP contribution in [-0.4, -0.2) is 44.1 Å². The second-order valence-electron chi connectivity index (χ2n) is 6.98. The summed E-state index contributed by atoms with van der Waals surface area (Å²) in [7, 11) is 1.83. The first-order valence-corrected chi connectivity index (χ1v) is 9.69. The molecule has 4 aromatic rings. The van der Waals surface area contributed by atoms with Gasteiger partial charge in [0.25, 0.3) is 5.91 Å². The molecule has 0 saturated carbocycles. The second kappa shape index (κ2) is 7.07. The van der Waals surface area contributed by atoms with Crippen molar-refractivity contribution in [3.05, 3.63) is 77.2 Å². The van der Waals surface area contributed by atoms with Gasteiger partial charge in [0.15, 0.2) is 11.3 Å². The Morgan fingerprint density at radius 2 is 2.07 bits per heavy atom. The molecule has 5 rings (SSSR count). The number of hydrogen-bond donors (Lipinski definition) is 0. The number of amides is 1. The number of rotatable bonds is 2. The third-order valence-electron chi connectivity index (χ3n) is 5.21. The van der Waals surface area contributed by atoms with Gasteiger partial charge in [0, 0.05) is 38.1 Å². The summed E-state index contributed by atoms with van der Waals surface area (Å²) in [5.41, 5.74) is 4.46. The van der Waals surface area contributed by atoms with Crippen molar-refractivity contribution in [2.75, 3.05) is 18.6 Å². The largest absolute Gasteiger partial charge is 0.292 e. The number of hydrazine groups is 1. The monoisotopic (exact) mass is 422 g/mol. The van der Waals surface area contributed by atoms with Gasteiger partial charge in [-0.3, -0.25) is 9.80 Å². The molecule has 150 valence electrons. The zero-order valence-electron chi connectivity index (χ0n) is 16.0. The highest BCUT2D eigenvalue weighted by Crippen LogP contribution is 2.35. The minimum atomic E-state index is -0.522. The Bertz CT molecular complexity index is 1290. The van der Waals surface area contributed by atoms with Crippen molar-refractivity contribution in [2.24, 2.45) is 0 Å². The van der Waals surface area contributed by atoms with Crippen LogP contribution in [0.4, 0.5) is 10.1 Å². The van der Waals surface area contributed by atoms with Crippen LogP contribution in [0.1, 0.15) is 16.1 Å². The van der Waals surface area contributed by atoms with E-state index in [9.17, 15) is 9.18 Å². The average Bonchev–Trinajstić information content (AvgIpc) is 3.16. The van der Waals surface area contributed by atoms with E-state index in [-0.39, 0.29) is 11.6 Å². The molecule has 0 radical (unpaired) electrons. The number of nitrogens with zero attached hydrogens (tertiary/aromatic N) is 6. The summed E-state index contributed by atoms with van der Waals surface area (Å²) < 4.78 is 15.1. The lowest BCUT2D eigenvalue weighted by atomic mass is 9.95. The van der Waals surface area contributed by atoms with Crippen LogP contribution >= 0.6 is 11.6 Å². The average molecular weight is 423 g/mol. The van der Waals surface area contributed by atoms with Crippen molar-refractivity contribution in [3.8, 4) is 11.1 Å². The van der Waals surface area contributed by atoms with Crippen LogP contribution in [0.3, 0.4) is 0 Å². The van der Waals surface area contributed by atoms with E-state index in [1.54, 1.807) is 23.3 Å². The summed E-state index contributed by atoms with van der Waals surface area (Å²) in [4.78, 5) is 21.0. The van der Waals surface area contributed by atoms with Crippen LogP contribution in [-0.2, 0) is 6.42 Å². The highest BCUT2D eigenvalue weighted by atomic mass is 35.5. The maximum atomic E-state index is 13.6. The van der Waals surface area contributed by atoms with Crippen LogP contribution in [0.5, 0.6) is 0 Å². The molecule has 30 heavy (non-hydrogen) atoms. The first-order valence-electron chi connectivity index (χ1n) is 9.31. The van der Waals surface area contributed by atoms with Gasteiger partial charge in [-0.25, -0.2) is 19.5 Å². The van der Waals surface area contributed by atoms with E-state index in [2.05, 4.69) is 15.1 Å². The quantitative estimate of drug-likeness (QED) is 0.461. The molecule has 3 aromatic heterocycles. The number of aromatic nitrogens is 4. The summed E-state index contributed by atoms with van der Waals surface area (Å²) in [5.74, 6) is -0.753. The number of fused-ring (bicyclic) bond motifs is 2. The first kappa shape index (κ1) is 18.5. The fourth-order valence-corrected chi connectivity index (χ4v) is 3.95. The number of halogens is 2. The van der Waals surface area contributed by atoms with Gasteiger partial charge in [0.05, 0.1) is 16.9 Å². The van der Waals surface area contributed by atoms with E-state index >= 15 is 0 Å². The topological polar surface area (TPSA) is 66.6 Å². The Morgan fingerprint density at radius 1 is 1.20 bits per heavy atom. The summed E-state index contributed by atoms with van der Waals surface area (Å²) in [6, 6.07) is 10.6. The lowest BCUT2D eigenvalue weighted by Gasteiger charge is -2.39. The zero-order chi connectivity index (χ0) is 20.8. The Labute approximate surface area is 176 Å². The molecule has 0 aliphatic carbocycles. The number of hydrogen-bond acceptors (Lipinski definition) is 5. The van der Waals surface area contributed by atoms with Gasteiger partial charge in [0.2, 0.25) is 5.95 Å². The molecule has 7 nitrogen and oxygen atoms in total. The summed E-state index contributed by atoms with van der Waals surface area (Å²) in [6.45, 7) is 0.467. The molecule has 1 aliphatic heterocycles. The van der Waals surface area contributed by atoms with E-state index in [1.807, 2.05) is 30.3 Å². The maximum Gasteiger partial charge on any atom is 0.292 e. The van der Waals surface area contributed by atoms with Gasteiger partial charge in [-0.15, -0.1) is 0 Å². The minimum absolute atomic E-state index is 0.231. The smallest absolute Gasteiger partial charge is 0.285 e. The van der Waals surface area contributed by atoms with E-state index in [1.165, 1.54) is 23.0 Å². The van der Waals surface area contributed by atoms with Gasteiger partial charge in [0.1, 0.15) is 0 Å². The minimum Gasteiger partial charge on any atom is -0.285 e. The molecular weight excluding hydrogens is 407 g/mol. The molecule has 0 saturated heterocycles. The zero-order valence-corrected chi connectivity index (χ0v) is 16.7. The number of carbonyl (C=O) groups is 1. The molecule has 0 unspecified atom stereocenters. The first-order chi connectivity index (χ1) is 14.5. The van der Waals surface area contributed by atoms with Gasteiger partial charge < -0.3 is 0 Å². The Hall–Kier alpha value is -3.52. The fourth-order valence-electron chi connectivity index (χ4n) is 3.81. The van der Waals surface area contributed by atoms with E-state index in [0.29, 0.717) is 23.6 Å². The molecule has 0 spiro atoms. The van der Waals surface area contributed by atoms with Crippen molar-refractivity contribution in [2.45, 2.75) is 6.42 Å². The number of carbonyl (C=O) groups excluding carboxylic acids is 1. The highest BCUT2D eigenvalue weighted by Gasteiger charge is 2.29. The lowest BCUT2D eigenvalue weighted by molar-refractivity contribution is 0.0732. The van der Waals surface area contributed by atoms with Gasteiger partial charge in [-0.05, 0) is 35.2 Å². The summed E-state index contributed by atoms with van der Waals surface area (Å²) in [6.07, 6.45) is 5.20. The number of anilines is 1. The van der Waals surface area contributed by atoms with Crippen molar-refractivity contribution in [3.63, 3.8) is 0 Å².